The largest absolute Gasteiger partial charge is 0.435 e. The number of hydrogen-bond donors (Lipinski definition) is 1. The number of rotatable bonds is 4. The van der Waals surface area contributed by atoms with Crippen molar-refractivity contribution in [1.29, 1.82) is 0 Å². The lowest BCUT2D eigenvalue weighted by Crippen LogP contribution is -2.06. The second-order valence-corrected chi connectivity index (χ2v) is 7.01. The first-order valence-corrected chi connectivity index (χ1v) is 9.03. The SMILES string of the molecule is O=P1(Nc2ccon2)OC(c2ccccc2)C(c2ccccc2)O1. The minimum Gasteiger partial charge on any atom is -0.363 e. The molecule has 4 rings (SSSR count). The molecule has 2 aromatic carbocycles. The average Bonchev–Trinajstić information content (AvgIpc) is 3.24. The molecule has 1 fully saturated rings. The lowest BCUT2D eigenvalue weighted by Gasteiger charge is -2.16. The fourth-order valence-corrected chi connectivity index (χ4v) is 4.27. The van der Waals surface area contributed by atoms with Gasteiger partial charge in [0.25, 0.3) is 0 Å². The van der Waals surface area contributed by atoms with E-state index in [0.717, 1.165) is 11.1 Å². The Hall–Kier alpha value is -2.40. The van der Waals surface area contributed by atoms with Gasteiger partial charge < -0.3 is 4.52 Å². The first kappa shape index (κ1) is 15.1. The van der Waals surface area contributed by atoms with Gasteiger partial charge in [-0.3, -0.25) is 14.1 Å². The summed E-state index contributed by atoms with van der Waals surface area (Å²) in [5.74, 6) is 0.304. The Labute approximate surface area is 139 Å². The molecule has 1 aliphatic rings. The van der Waals surface area contributed by atoms with Gasteiger partial charge in [0.05, 0.1) is 0 Å². The zero-order valence-electron chi connectivity index (χ0n) is 12.6. The first-order chi connectivity index (χ1) is 11.7. The highest BCUT2D eigenvalue weighted by Gasteiger charge is 2.46. The lowest BCUT2D eigenvalue weighted by molar-refractivity contribution is 0.159. The van der Waals surface area contributed by atoms with Crippen LogP contribution >= 0.6 is 7.75 Å². The standard InChI is InChI=1S/C17H15N2O4P/c20-24(19-15-11-12-21-18-15)22-16(13-7-3-1-4-8-13)17(23-24)14-9-5-2-6-10-14/h1-12,16-17H,(H,18,19,20). The Balaban J connectivity index is 1.69. The van der Waals surface area contributed by atoms with Gasteiger partial charge in [-0.1, -0.05) is 65.8 Å². The summed E-state index contributed by atoms with van der Waals surface area (Å²) in [6.07, 6.45) is 0.408. The highest BCUT2D eigenvalue weighted by molar-refractivity contribution is 7.55. The molecule has 0 radical (unpaired) electrons. The van der Waals surface area contributed by atoms with Crippen molar-refractivity contribution >= 4 is 13.6 Å². The van der Waals surface area contributed by atoms with Crippen LogP contribution in [0.15, 0.2) is 77.5 Å². The molecule has 0 amide bonds. The van der Waals surface area contributed by atoms with E-state index >= 15 is 0 Å². The molecule has 24 heavy (non-hydrogen) atoms. The first-order valence-electron chi connectivity index (χ1n) is 7.49. The molecule has 122 valence electrons. The molecule has 0 saturated carbocycles. The summed E-state index contributed by atoms with van der Waals surface area (Å²) in [7, 11) is -3.57. The summed E-state index contributed by atoms with van der Waals surface area (Å²) in [5.41, 5.74) is 1.79. The predicted molar refractivity (Wildman–Crippen MR) is 88.3 cm³/mol. The fourth-order valence-electron chi connectivity index (χ4n) is 2.65. The molecule has 0 bridgehead atoms. The third-order valence-corrected chi connectivity index (χ3v) is 5.24. The average molecular weight is 342 g/mol. The Bertz CT molecular complexity index is 788. The quantitative estimate of drug-likeness (QED) is 0.691. The zero-order chi connectivity index (χ0) is 16.4. The van der Waals surface area contributed by atoms with Crippen LogP contribution < -0.4 is 5.09 Å². The van der Waals surface area contributed by atoms with Crippen LogP contribution in [0, 0.1) is 0 Å². The van der Waals surface area contributed by atoms with Crippen LogP contribution in [0.1, 0.15) is 23.3 Å². The molecule has 1 aliphatic heterocycles. The molecule has 1 saturated heterocycles. The van der Waals surface area contributed by atoms with Crippen molar-refractivity contribution in [2.45, 2.75) is 12.2 Å². The normalized spacial score (nSPS) is 26.3. The molecule has 2 unspecified atom stereocenters. The molecule has 6 nitrogen and oxygen atoms in total. The van der Waals surface area contributed by atoms with E-state index in [-0.39, 0.29) is 0 Å². The Morgan fingerprint density at radius 1 is 0.833 bits per heavy atom. The summed E-state index contributed by atoms with van der Waals surface area (Å²) in [4.78, 5) is 0. The van der Waals surface area contributed by atoms with Crippen LogP contribution in [0.3, 0.4) is 0 Å². The second-order valence-electron chi connectivity index (χ2n) is 5.37. The maximum absolute atomic E-state index is 13.0. The number of nitrogens with one attached hydrogen (secondary N) is 1. The van der Waals surface area contributed by atoms with Gasteiger partial charge in [0.1, 0.15) is 18.5 Å². The molecule has 0 spiro atoms. The minimum atomic E-state index is -3.57. The molecular weight excluding hydrogens is 327 g/mol. The van der Waals surface area contributed by atoms with Crippen LogP contribution in [0.25, 0.3) is 0 Å². The van der Waals surface area contributed by atoms with Crippen LogP contribution in [0.4, 0.5) is 5.82 Å². The number of aromatic nitrogens is 1. The molecule has 7 heteroatoms. The summed E-state index contributed by atoms with van der Waals surface area (Å²) in [6.45, 7) is 0. The number of benzene rings is 2. The number of nitrogens with zero attached hydrogens (tertiary/aromatic N) is 1. The van der Waals surface area contributed by atoms with E-state index in [1.807, 2.05) is 60.7 Å². The Kier molecular flexibility index (Phi) is 3.94. The summed E-state index contributed by atoms with van der Waals surface area (Å²) < 4.78 is 29.4. The maximum Gasteiger partial charge on any atom is 0.435 e. The van der Waals surface area contributed by atoms with E-state index in [9.17, 15) is 4.57 Å². The van der Waals surface area contributed by atoms with Gasteiger partial charge in [0.15, 0.2) is 5.82 Å². The van der Waals surface area contributed by atoms with E-state index < -0.39 is 20.0 Å². The summed E-state index contributed by atoms with van der Waals surface area (Å²) in [6, 6.07) is 20.7. The number of hydrogen-bond acceptors (Lipinski definition) is 5. The molecule has 3 aromatic rings. The Morgan fingerprint density at radius 3 is 1.83 bits per heavy atom. The van der Waals surface area contributed by atoms with E-state index in [1.54, 1.807) is 6.07 Å². The number of anilines is 1. The van der Waals surface area contributed by atoms with Gasteiger partial charge in [-0.2, -0.15) is 0 Å². The Morgan fingerprint density at radius 2 is 1.38 bits per heavy atom. The minimum absolute atomic E-state index is 0.304. The van der Waals surface area contributed by atoms with Crippen LogP contribution in [-0.2, 0) is 13.6 Å². The second kappa shape index (κ2) is 6.24. The molecular formula is C17H15N2O4P. The van der Waals surface area contributed by atoms with Gasteiger partial charge >= 0.3 is 7.75 Å². The topological polar surface area (TPSA) is 73.6 Å². The molecule has 1 N–H and O–H groups in total. The third kappa shape index (κ3) is 2.99. The van der Waals surface area contributed by atoms with E-state index in [2.05, 4.69) is 10.2 Å². The van der Waals surface area contributed by atoms with Crippen molar-refractivity contribution in [2.75, 3.05) is 5.09 Å². The highest BCUT2D eigenvalue weighted by atomic mass is 31.2. The van der Waals surface area contributed by atoms with Gasteiger partial charge in [-0.25, -0.2) is 4.57 Å². The van der Waals surface area contributed by atoms with Crippen molar-refractivity contribution < 1.29 is 18.1 Å². The summed E-state index contributed by atoms with van der Waals surface area (Å²) >= 11 is 0. The van der Waals surface area contributed by atoms with Crippen LogP contribution in [0.2, 0.25) is 0 Å². The molecule has 2 atom stereocenters. The van der Waals surface area contributed by atoms with Gasteiger partial charge in [-0.15, -0.1) is 0 Å². The van der Waals surface area contributed by atoms with Crippen molar-refractivity contribution in [3.05, 3.63) is 84.1 Å². The maximum atomic E-state index is 13.0. The third-order valence-electron chi connectivity index (χ3n) is 3.73. The van der Waals surface area contributed by atoms with Gasteiger partial charge in [-0.05, 0) is 11.1 Å². The van der Waals surface area contributed by atoms with Crippen molar-refractivity contribution in [1.82, 2.24) is 5.16 Å². The van der Waals surface area contributed by atoms with Crippen LogP contribution in [-0.4, -0.2) is 5.16 Å². The summed E-state index contributed by atoms with van der Waals surface area (Å²) in [5, 5.41) is 6.41. The predicted octanol–water partition coefficient (Wildman–Crippen LogP) is 4.72. The highest BCUT2D eigenvalue weighted by Crippen LogP contribution is 2.64. The van der Waals surface area contributed by atoms with E-state index in [1.165, 1.54) is 6.26 Å². The lowest BCUT2D eigenvalue weighted by atomic mass is 9.99. The molecule has 2 heterocycles. The van der Waals surface area contributed by atoms with Crippen LogP contribution in [0.5, 0.6) is 0 Å². The zero-order valence-corrected chi connectivity index (χ0v) is 13.5. The molecule has 0 aliphatic carbocycles. The van der Waals surface area contributed by atoms with Crippen molar-refractivity contribution in [2.24, 2.45) is 0 Å². The van der Waals surface area contributed by atoms with Gasteiger partial charge in [0.2, 0.25) is 0 Å². The van der Waals surface area contributed by atoms with E-state index in [4.69, 9.17) is 13.6 Å². The smallest absolute Gasteiger partial charge is 0.363 e. The van der Waals surface area contributed by atoms with Crippen molar-refractivity contribution in [3.63, 3.8) is 0 Å². The fraction of sp³-hybridized carbons (Fsp3) is 0.118. The van der Waals surface area contributed by atoms with Gasteiger partial charge in [0, 0.05) is 6.07 Å². The monoisotopic (exact) mass is 342 g/mol. The van der Waals surface area contributed by atoms with Crippen molar-refractivity contribution in [3.8, 4) is 0 Å². The van der Waals surface area contributed by atoms with E-state index in [0.29, 0.717) is 5.82 Å². The molecule has 1 aromatic heterocycles.